The summed E-state index contributed by atoms with van der Waals surface area (Å²) in [6.45, 7) is 0. The lowest BCUT2D eigenvalue weighted by Crippen LogP contribution is -2.06. The first-order valence-electron chi connectivity index (χ1n) is 5.34. The minimum atomic E-state index is -4.59. The van der Waals surface area contributed by atoms with Crippen LogP contribution in [0.5, 0.6) is 0 Å². The van der Waals surface area contributed by atoms with Gasteiger partial charge in [-0.05, 0) is 18.2 Å². The second-order valence-corrected chi connectivity index (χ2v) is 4.32. The average Bonchev–Trinajstić information content (AvgIpc) is 2.36. The Morgan fingerprint density at radius 2 is 1.67 bits per heavy atom. The Morgan fingerprint density at radius 3 is 2.24 bits per heavy atom. The monoisotopic (exact) mass is 326 g/mol. The maximum atomic E-state index is 13.4. The number of halogens is 7. The number of nitrogens with one attached hydrogen (secondary N) is 1. The molecular formula is C12H5ClF6N2. The molecule has 0 unspecified atom stereocenters. The molecule has 21 heavy (non-hydrogen) atoms. The van der Waals surface area contributed by atoms with Gasteiger partial charge >= 0.3 is 6.18 Å². The van der Waals surface area contributed by atoms with Gasteiger partial charge in [0.1, 0.15) is 0 Å². The molecule has 0 atom stereocenters. The van der Waals surface area contributed by atoms with E-state index in [9.17, 15) is 26.3 Å². The third-order valence-electron chi connectivity index (χ3n) is 2.44. The van der Waals surface area contributed by atoms with Gasteiger partial charge in [0.15, 0.2) is 17.5 Å². The van der Waals surface area contributed by atoms with Gasteiger partial charge in [0, 0.05) is 6.07 Å². The minimum absolute atomic E-state index is 0.137. The molecule has 0 aliphatic rings. The molecular weight excluding hydrogens is 322 g/mol. The second kappa shape index (κ2) is 5.44. The second-order valence-electron chi connectivity index (χ2n) is 3.91. The Labute approximate surface area is 119 Å². The van der Waals surface area contributed by atoms with E-state index >= 15 is 0 Å². The Hall–Kier alpha value is -1.96. The quantitative estimate of drug-likeness (QED) is 0.626. The number of pyridine rings is 1. The number of hydrogen-bond donors (Lipinski definition) is 1. The van der Waals surface area contributed by atoms with Gasteiger partial charge < -0.3 is 5.32 Å². The minimum Gasteiger partial charge on any atom is -0.336 e. The Kier molecular flexibility index (Phi) is 3.99. The summed E-state index contributed by atoms with van der Waals surface area (Å²) < 4.78 is 76.3. The lowest BCUT2D eigenvalue weighted by Gasteiger charge is -2.11. The van der Waals surface area contributed by atoms with Crippen LogP contribution in [0, 0.1) is 17.6 Å². The van der Waals surface area contributed by atoms with Gasteiger partial charge in [-0.2, -0.15) is 22.5 Å². The molecule has 0 spiro atoms. The van der Waals surface area contributed by atoms with E-state index < -0.39 is 35.1 Å². The van der Waals surface area contributed by atoms with Gasteiger partial charge in [-0.15, -0.1) is 0 Å². The lowest BCUT2D eigenvalue weighted by atomic mass is 10.2. The van der Waals surface area contributed by atoms with Crippen molar-refractivity contribution in [3.63, 3.8) is 0 Å². The third-order valence-corrected chi connectivity index (χ3v) is 2.75. The van der Waals surface area contributed by atoms with Gasteiger partial charge in [-0.3, -0.25) is 0 Å². The van der Waals surface area contributed by atoms with E-state index in [1.165, 1.54) is 0 Å². The summed E-state index contributed by atoms with van der Waals surface area (Å²) in [7, 11) is 0. The molecule has 2 rings (SSSR count). The van der Waals surface area contributed by atoms with Gasteiger partial charge in [0.05, 0.1) is 16.3 Å². The highest BCUT2D eigenvalue weighted by Gasteiger charge is 2.31. The van der Waals surface area contributed by atoms with E-state index in [-0.39, 0.29) is 16.8 Å². The summed E-state index contributed by atoms with van der Waals surface area (Å²) in [5, 5.41) is 1.82. The van der Waals surface area contributed by atoms with Crippen molar-refractivity contribution in [2.75, 3.05) is 5.32 Å². The van der Waals surface area contributed by atoms with Crippen molar-refractivity contribution in [2.24, 2.45) is 0 Å². The van der Waals surface area contributed by atoms with E-state index in [1.54, 1.807) is 0 Å². The fraction of sp³-hybridized carbons (Fsp3) is 0.0833. The summed E-state index contributed by atoms with van der Waals surface area (Å²) in [6, 6.07) is 2.49. The van der Waals surface area contributed by atoms with Gasteiger partial charge in [-0.1, -0.05) is 11.6 Å². The van der Waals surface area contributed by atoms with Crippen LogP contribution in [0.15, 0.2) is 24.3 Å². The molecule has 1 aromatic carbocycles. The number of alkyl halides is 3. The molecule has 2 nitrogen and oxygen atoms in total. The Morgan fingerprint density at radius 1 is 1.00 bits per heavy atom. The van der Waals surface area contributed by atoms with Crippen LogP contribution in [-0.4, -0.2) is 4.98 Å². The Balaban J connectivity index is 2.35. The standard InChI is InChI=1S/C12H5ClF6N2/c13-6-3-5(12(17,18)19)1-2-9(6)20-11-8(15)4-7(14)10(16)21-11/h1-4H,(H,20,21). The van der Waals surface area contributed by atoms with Crippen LogP contribution >= 0.6 is 11.6 Å². The molecule has 0 fully saturated rings. The SMILES string of the molecule is Fc1cc(F)c(Nc2ccc(C(F)(F)F)cc2Cl)nc1F. The fourth-order valence-corrected chi connectivity index (χ4v) is 1.68. The van der Waals surface area contributed by atoms with Gasteiger partial charge in [-0.25, -0.2) is 8.78 Å². The molecule has 0 aliphatic carbocycles. The number of aromatic nitrogens is 1. The van der Waals surface area contributed by atoms with Crippen LogP contribution < -0.4 is 5.32 Å². The molecule has 0 aliphatic heterocycles. The van der Waals surface area contributed by atoms with Crippen LogP contribution in [0.25, 0.3) is 0 Å². The van der Waals surface area contributed by atoms with Crippen LogP contribution in [0.4, 0.5) is 37.8 Å². The predicted molar refractivity (Wildman–Crippen MR) is 63.8 cm³/mol. The predicted octanol–water partition coefficient (Wildman–Crippen LogP) is 4.91. The Bertz CT molecular complexity index is 686. The zero-order chi connectivity index (χ0) is 15.8. The summed E-state index contributed by atoms with van der Waals surface area (Å²) in [5.41, 5.74) is -1.14. The number of hydrogen-bond acceptors (Lipinski definition) is 2. The van der Waals surface area contributed by atoms with Crippen molar-refractivity contribution in [1.29, 1.82) is 0 Å². The number of benzene rings is 1. The first kappa shape index (κ1) is 15.4. The van der Waals surface area contributed by atoms with E-state index in [4.69, 9.17) is 11.6 Å². The summed E-state index contributed by atoms with van der Waals surface area (Å²) in [4.78, 5) is 2.97. The first-order valence-corrected chi connectivity index (χ1v) is 5.71. The summed E-state index contributed by atoms with van der Waals surface area (Å²) >= 11 is 5.63. The summed E-state index contributed by atoms with van der Waals surface area (Å²) in [5.74, 6) is -4.96. The van der Waals surface area contributed by atoms with E-state index in [0.29, 0.717) is 12.1 Å². The maximum Gasteiger partial charge on any atom is 0.416 e. The number of rotatable bonds is 2. The largest absolute Gasteiger partial charge is 0.416 e. The normalized spacial score (nSPS) is 11.6. The fourth-order valence-electron chi connectivity index (χ4n) is 1.45. The van der Waals surface area contributed by atoms with E-state index in [1.807, 2.05) is 0 Å². The molecule has 0 bridgehead atoms. The van der Waals surface area contributed by atoms with Crippen LogP contribution in [-0.2, 0) is 6.18 Å². The first-order chi connectivity index (χ1) is 9.68. The zero-order valence-corrected chi connectivity index (χ0v) is 10.7. The topological polar surface area (TPSA) is 24.9 Å². The smallest absolute Gasteiger partial charge is 0.336 e. The molecule has 1 aromatic heterocycles. The van der Waals surface area contributed by atoms with Gasteiger partial charge in [0.25, 0.3) is 5.95 Å². The number of anilines is 2. The van der Waals surface area contributed by atoms with Crippen molar-refractivity contribution in [2.45, 2.75) is 6.18 Å². The highest BCUT2D eigenvalue weighted by atomic mass is 35.5. The van der Waals surface area contributed by atoms with Crippen molar-refractivity contribution in [3.05, 3.63) is 52.4 Å². The molecule has 1 heterocycles. The number of nitrogens with zero attached hydrogens (tertiary/aromatic N) is 1. The highest BCUT2D eigenvalue weighted by molar-refractivity contribution is 6.33. The average molecular weight is 327 g/mol. The molecule has 112 valence electrons. The molecule has 0 saturated carbocycles. The van der Waals surface area contributed by atoms with Crippen LogP contribution in [0.1, 0.15) is 5.56 Å². The highest BCUT2D eigenvalue weighted by Crippen LogP contribution is 2.34. The molecule has 2 aromatic rings. The molecule has 0 saturated heterocycles. The third kappa shape index (κ3) is 3.38. The van der Waals surface area contributed by atoms with Gasteiger partial charge in [0.2, 0.25) is 0 Å². The molecule has 0 radical (unpaired) electrons. The summed E-state index contributed by atoms with van der Waals surface area (Å²) in [6.07, 6.45) is -4.59. The lowest BCUT2D eigenvalue weighted by molar-refractivity contribution is -0.137. The van der Waals surface area contributed by atoms with E-state index in [0.717, 1.165) is 6.07 Å². The van der Waals surface area contributed by atoms with Crippen LogP contribution in [0.2, 0.25) is 5.02 Å². The van der Waals surface area contributed by atoms with E-state index in [2.05, 4.69) is 10.3 Å². The maximum absolute atomic E-state index is 13.4. The molecule has 1 N–H and O–H groups in total. The molecule has 0 amide bonds. The molecule has 9 heteroatoms. The van der Waals surface area contributed by atoms with Crippen molar-refractivity contribution < 1.29 is 26.3 Å². The van der Waals surface area contributed by atoms with Crippen molar-refractivity contribution in [3.8, 4) is 0 Å². The zero-order valence-electron chi connectivity index (χ0n) is 9.90. The van der Waals surface area contributed by atoms with Crippen LogP contribution in [0.3, 0.4) is 0 Å². The van der Waals surface area contributed by atoms with Crippen molar-refractivity contribution in [1.82, 2.24) is 4.98 Å². The van der Waals surface area contributed by atoms with Crippen molar-refractivity contribution >= 4 is 23.1 Å².